The van der Waals surface area contributed by atoms with Gasteiger partial charge in [0.1, 0.15) is 12.2 Å². The molecule has 78 valence electrons. The van der Waals surface area contributed by atoms with E-state index in [-0.39, 0.29) is 6.42 Å². The minimum atomic E-state index is -2.60. The summed E-state index contributed by atoms with van der Waals surface area (Å²) in [6.07, 6.45) is 2.60. The summed E-state index contributed by atoms with van der Waals surface area (Å²) in [5.74, 6) is -2.89. The molecule has 1 aliphatic rings. The lowest BCUT2D eigenvalue weighted by Gasteiger charge is -2.18. The molecule has 1 atom stereocenters. The maximum atomic E-state index is 13.4. The van der Waals surface area contributed by atoms with Gasteiger partial charge in [0.15, 0.2) is 0 Å². The Morgan fingerprint density at radius 1 is 1.64 bits per heavy atom. The molecule has 0 aliphatic heterocycles. The third-order valence-corrected chi connectivity index (χ3v) is 2.81. The van der Waals surface area contributed by atoms with Crippen LogP contribution >= 0.6 is 0 Å². The lowest BCUT2D eigenvalue weighted by atomic mass is 10.0. The zero-order valence-corrected chi connectivity index (χ0v) is 8.08. The Hall–Kier alpha value is -1.00. The van der Waals surface area contributed by atoms with E-state index in [9.17, 15) is 8.78 Å². The van der Waals surface area contributed by atoms with E-state index in [1.807, 2.05) is 6.92 Å². The van der Waals surface area contributed by atoms with Gasteiger partial charge in [-0.05, 0) is 19.8 Å². The SMILES string of the molecule is CCn1cnnc1C1CCCC1(F)F. The predicted octanol–water partition coefficient (Wildman–Crippen LogP) is 2.20. The zero-order valence-electron chi connectivity index (χ0n) is 8.08. The molecule has 0 bridgehead atoms. The number of aromatic nitrogens is 3. The smallest absolute Gasteiger partial charge is 0.257 e. The molecule has 1 aliphatic carbocycles. The van der Waals surface area contributed by atoms with E-state index in [0.717, 1.165) is 0 Å². The first kappa shape index (κ1) is 9.55. The van der Waals surface area contributed by atoms with Crippen LogP contribution in [0.25, 0.3) is 0 Å². The Bertz CT molecular complexity index is 322. The van der Waals surface area contributed by atoms with Gasteiger partial charge < -0.3 is 4.57 Å². The van der Waals surface area contributed by atoms with Gasteiger partial charge in [0.05, 0.1) is 5.92 Å². The summed E-state index contributed by atoms with van der Waals surface area (Å²) in [4.78, 5) is 0. The molecule has 1 aromatic rings. The van der Waals surface area contributed by atoms with Crippen molar-refractivity contribution < 1.29 is 8.78 Å². The minimum absolute atomic E-state index is 0.0196. The molecule has 1 heterocycles. The van der Waals surface area contributed by atoms with E-state index in [0.29, 0.717) is 25.2 Å². The van der Waals surface area contributed by atoms with Crippen molar-refractivity contribution in [2.75, 3.05) is 0 Å². The first-order chi connectivity index (χ1) is 6.65. The molecular weight excluding hydrogens is 188 g/mol. The molecular formula is C9H13F2N3. The van der Waals surface area contributed by atoms with Crippen LogP contribution in [0.2, 0.25) is 0 Å². The second-order valence-electron chi connectivity index (χ2n) is 3.68. The maximum Gasteiger partial charge on any atom is 0.257 e. The molecule has 1 saturated carbocycles. The first-order valence-electron chi connectivity index (χ1n) is 4.90. The second kappa shape index (κ2) is 3.29. The third-order valence-electron chi connectivity index (χ3n) is 2.81. The van der Waals surface area contributed by atoms with Crippen LogP contribution in [-0.4, -0.2) is 20.7 Å². The quantitative estimate of drug-likeness (QED) is 0.734. The van der Waals surface area contributed by atoms with Crippen molar-refractivity contribution in [3.63, 3.8) is 0 Å². The van der Waals surface area contributed by atoms with Gasteiger partial charge in [-0.25, -0.2) is 8.78 Å². The van der Waals surface area contributed by atoms with Crippen LogP contribution in [0.1, 0.15) is 37.9 Å². The Morgan fingerprint density at radius 2 is 2.43 bits per heavy atom. The maximum absolute atomic E-state index is 13.4. The van der Waals surface area contributed by atoms with Crippen LogP contribution in [0, 0.1) is 0 Å². The first-order valence-corrected chi connectivity index (χ1v) is 4.90. The fourth-order valence-corrected chi connectivity index (χ4v) is 2.02. The van der Waals surface area contributed by atoms with E-state index in [2.05, 4.69) is 10.2 Å². The number of rotatable bonds is 2. The zero-order chi connectivity index (χ0) is 10.2. The molecule has 0 radical (unpaired) electrons. The summed E-state index contributed by atoms with van der Waals surface area (Å²) < 4.78 is 28.5. The Labute approximate surface area is 81.1 Å². The van der Waals surface area contributed by atoms with Gasteiger partial charge in [-0.2, -0.15) is 0 Å². The van der Waals surface area contributed by atoms with Gasteiger partial charge in [0.2, 0.25) is 0 Å². The summed E-state index contributed by atoms with van der Waals surface area (Å²) >= 11 is 0. The van der Waals surface area contributed by atoms with Crippen LogP contribution < -0.4 is 0 Å². The third kappa shape index (κ3) is 1.40. The van der Waals surface area contributed by atoms with E-state index in [4.69, 9.17) is 0 Å². The van der Waals surface area contributed by atoms with Gasteiger partial charge >= 0.3 is 0 Å². The molecule has 1 fully saturated rings. The molecule has 0 amide bonds. The molecule has 0 N–H and O–H groups in total. The van der Waals surface area contributed by atoms with E-state index in [1.54, 1.807) is 4.57 Å². The van der Waals surface area contributed by atoms with Crippen molar-refractivity contribution in [1.82, 2.24) is 14.8 Å². The molecule has 1 aromatic heterocycles. The molecule has 1 unspecified atom stereocenters. The van der Waals surface area contributed by atoms with Crippen molar-refractivity contribution in [2.45, 2.75) is 44.6 Å². The minimum Gasteiger partial charge on any atom is -0.317 e. The second-order valence-corrected chi connectivity index (χ2v) is 3.68. The molecule has 5 heteroatoms. The predicted molar refractivity (Wildman–Crippen MR) is 47.2 cm³/mol. The van der Waals surface area contributed by atoms with Crippen LogP contribution in [0.5, 0.6) is 0 Å². The van der Waals surface area contributed by atoms with E-state index in [1.165, 1.54) is 6.33 Å². The average Bonchev–Trinajstić information content (AvgIpc) is 2.69. The Kier molecular flexibility index (Phi) is 2.25. The summed E-state index contributed by atoms with van der Waals surface area (Å²) in [5, 5.41) is 7.48. The van der Waals surface area contributed by atoms with Gasteiger partial charge in [-0.3, -0.25) is 0 Å². The van der Waals surface area contributed by atoms with Crippen molar-refractivity contribution in [2.24, 2.45) is 0 Å². The van der Waals surface area contributed by atoms with Crippen LogP contribution in [0.15, 0.2) is 6.33 Å². The van der Waals surface area contributed by atoms with E-state index >= 15 is 0 Å². The fourth-order valence-electron chi connectivity index (χ4n) is 2.02. The standard InChI is InChI=1S/C9H13F2N3/c1-2-14-6-12-13-8(14)7-4-3-5-9(7,10)11/h6-7H,2-5H2,1H3. The molecule has 0 saturated heterocycles. The van der Waals surface area contributed by atoms with Crippen molar-refractivity contribution in [3.8, 4) is 0 Å². The summed E-state index contributed by atoms with van der Waals surface area (Å²) in [5.41, 5.74) is 0. The summed E-state index contributed by atoms with van der Waals surface area (Å²) in [6, 6.07) is 0. The van der Waals surface area contributed by atoms with Crippen LogP contribution in [0.3, 0.4) is 0 Å². The lowest BCUT2D eigenvalue weighted by Crippen LogP contribution is -2.22. The van der Waals surface area contributed by atoms with Gasteiger partial charge in [-0.15, -0.1) is 10.2 Å². The Morgan fingerprint density at radius 3 is 3.00 bits per heavy atom. The highest BCUT2D eigenvalue weighted by Crippen LogP contribution is 2.45. The number of hydrogen-bond donors (Lipinski definition) is 0. The van der Waals surface area contributed by atoms with Crippen molar-refractivity contribution >= 4 is 0 Å². The summed E-state index contributed by atoms with van der Waals surface area (Å²) in [7, 11) is 0. The number of hydrogen-bond acceptors (Lipinski definition) is 2. The fraction of sp³-hybridized carbons (Fsp3) is 0.778. The summed E-state index contributed by atoms with van der Waals surface area (Å²) in [6.45, 7) is 2.55. The number of aryl methyl sites for hydroxylation is 1. The molecule has 0 spiro atoms. The molecule has 2 rings (SSSR count). The highest BCUT2D eigenvalue weighted by Gasteiger charge is 2.46. The highest BCUT2D eigenvalue weighted by molar-refractivity contribution is 5.06. The molecule has 0 aromatic carbocycles. The largest absolute Gasteiger partial charge is 0.317 e. The monoisotopic (exact) mass is 201 g/mol. The molecule has 3 nitrogen and oxygen atoms in total. The lowest BCUT2D eigenvalue weighted by molar-refractivity contribution is -0.0122. The average molecular weight is 201 g/mol. The van der Waals surface area contributed by atoms with Crippen LogP contribution in [-0.2, 0) is 6.54 Å². The van der Waals surface area contributed by atoms with Crippen molar-refractivity contribution in [3.05, 3.63) is 12.2 Å². The van der Waals surface area contributed by atoms with Gasteiger partial charge in [0, 0.05) is 13.0 Å². The number of nitrogens with zero attached hydrogens (tertiary/aromatic N) is 3. The number of halogens is 2. The van der Waals surface area contributed by atoms with Gasteiger partial charge in [0.25, 0.3) is 5.92 Å². The normalized spacial score (nSPS) is 25.5. The topological polar surface area (TPSA) is 30.7 Å². The van der Waals surface area contributed by atoms with Crippen molar-refractivity contribution in [1.29, 1.82) is 0 Å². The molecule has 14 heavy (non-hydrogen) atoms. The van der Waals surface area contributed by atoms with Crippen LogP contribution in [0.4, 0.5) is 8.78 Å². The highest BCUT2D eigenvalue weighted by atomic mass is 19.3. The number of alkyl halides is 2. The van der Waals surface area contributed by atoms with E-state index < -0.39 is 11.8 Å². The Balaban J connectivity index is 2.30. The van der Waals surface area contributed by atoms with Gasteiger partial charge in [-0.1, -0.05) is 0 Å².